The van der Waals surface area contributed by atoms with Crippen molar-refractivity contribution < 1.29 is 14.3 Å². The molecule has 2 aromatic rings. The number of esters is 1. The first kappa shape index (κ1) is 20.0. The van der Waals surface area contributed by atoms with Crippen molar-refractivity contribution in [3.05, 3.63) is 66.2 Å². The second-order valence-electron chi connectivity index (χ2n) is 6.20. The maximum Gasteiger partial charge on any atom is 0.310 e. The molecule has 0 bridgehead atoms. The number of carbonyl (C=O) groups excluding carboxylic acids is 2. The largest absolute Gasteiger partial charge is 0.469 e. The number of thioether (sulfide) groups is 1. The summed E-state index contributed by atoms with van der Waals surface area (Å²) in [6.45, 7) is 4.49. The standard InChI is InChI=1S/C21H25NO3S/c1-16(21(24)25-3)14-22(15-18-10-6-4-7-11-18)20(23)17(2)26-19-12-8-5-9-13-19/h4-13,16-17H,14-15H2,1-3H3. The summed E-state index contributed by atoms with van der Waals surface area (Å²) in [6.07, 6.45) is 0. The molecule has 0 fully saturated rings. The van der Waals surface area contributed by atoms with E-state index in [9.17, 15) is 9.59 Å². The summed E-state index contributed by atoms with van der Waals surface area (Å²) in [4.78, 5) is 27.7. The molecule has 0 aliphatic heterocycles. The van der Waals surface area contributed by atoms with E-state index in [1.807, 2.05) is 67.6 Å². The zero-order valence-corrected chi connectivity index (χ0v) is 16.2. The van der Waals surface area contributed by atoms with Gasteiger partial charge in [-0.3, -0.25) is 9.59 Å². The molecule has 0 saturated heterocycles. The van der Waals surface area contributed by atoms with Gasteiger partial charge in [0.05, 0.1) is 18.3 Å². The van der Waals surface area contributed by atoms with Crippen molar-refractivity contribution in [2.24, 2.45) is 5.92 Å². The average Bonchev–Trinajstić information content (AvgIpc) is 2.67. The van der Waals surface area contributed by atoms with Gasteiger partial charge in [-0.1, -0.05) is 55.5 Å². The summed E-state index contributed by atoms with van der Waals surface area (Å²) >= 11 is 1.52. The van der Waals surface area contributed by atoms with Gasteiger partial charge in [-0.15, -0.1) is 11.8 Å². The molecule has 0 aliphatic carbocycles. The van der Waals surface area contributed by atoms with Crippen molar-refractivity contribution in [1.82, 2.24) is 4.90 Å². The van der Waals surface area contributed by atoms with E-state index in [0.717, 1.165) is 10.5 Å². The van der Waals surface area contributed by atoms with Crippen LogP contribution in [-0.2, 0) is 20.9 Å². The number of hydrogen-bond donors (Lipinski definition) is 0. The number of carbonyl (C=O) groups is 2. The molecule has 2 unspecified atom stereocenters. The minimum atomic E-state index is -0.374. The van der Waals surface area contributed by atoms with Crippen molar-refractivity contribution in [3.8, 4) is 0 Å². The lowest BCUT2D eigenvalue weighted by Crippen LogP contribution is -2.40. The molecule has 0 saturated carbocycles. The van der Waals surface area contributed by atoms with Crippen LogP contribution in [0.1, 0.15) is 19.4 Å². The summed E-state index contributed by atoms with van der Waals surface area (Å²) < 4.78 is 4.82. The van der Waals surface area contributed by atoms with Gasteiger partial charge in [-0.05, 0) is 24.6 Å². The summed E-state index contributed by atoms with van der Waals surface area (Å²) in [5.41, 5.74) is 1.04. The molecule has 0 heterocycles. The predicted octanol–water partition coefficient (Wildman–Crippen LogP) is 4.01. The highest BCUT2D eigenvalue weighted by Gasteiger charge is 2.26. The lowest BCUT2D eigenvalue weighted by molar-refractivity contribution is -0.146. The van der Waals surface area contributed by atoms with Gasteiger partial charge >= 0.3 is 5.97 Å². The van der Waals surface area contributed by atoms with Crippen LogP contribution in [0.2, 0.25) is 0 Å². The minimum Gasteiger partial charge on any atom is -0.469 e. The predicted molar refractivity (Wildman–Crippen MR) is 105 cm³/mol. The summed E-state index contributed by atoms with van der Waals surface area (Å²) in [5.74, 6) is -0.667. The van der Waals surface area contributed by atoms with E-state index in [1.165, 1.54) is 18.9 Å². The number of benzene rings is 2. The maximum absolute atomic E-state index is 13.1. The van der Waals surface area contributed by atoms with Crippen molar-refractivity contribution in [2.45, 2.75) is 30.5 Å². The first-order chi connectivity index (χ1) is 12.5. The Labute approximate surface area is 159 Å². The van der Waals surface area contributed by atoms with E-state index in [4.69, 9.17) is 4.74 Å². The molecular formula is C21H25NO3S. The first-order valence-electron chi connectivity index (χ1n) is 8.63. The highest BCUT2D eigenvalue weighted by Crippen LogP contribution is 2.25. The van der Waals surface area contributed by atoms with E-state index in [-0.39, 0.29) is 23.0 Å². The van der Waals surface area contributed by atoms with Crippen LogP contribution in [0.15, 0.2) is 65.6 Å². The Hall–Kier alpha value is -2.27. The summed E-state index contributed by atoms with van der Waals surface area (Å²) in [7, 11) is 1.37. The van der Waals surface area contributed by atoms with E-state index in [0.29, 0.717) is 13.1 Å². The minimum absolute atomic E-state index is 0.0125. The molecule has 0 spiro atoms. The molecule has 138 valence electrons. The summed E-state index contributed by atoms with van der Waals surface area (Å²) in [5, 5.41) is -0.244. The molecule has 4 nitrogen and oxygen atoms in total. The monoisotopic (exact) mass is 371 g/mol. The fourth-order valence-electron chi connectivity index (χ4n) is 2.65. The molecule has 0 aromatic heterocycles. The number of methoxy groups -OCH3 is 1. The smallest absolute Gasteiger partial charge is 0.310 e. The number of amides is 1. The fourth-order valence-corrected chi connectivity index (χ4v) is 3.63. The van der Waals surface area contributed by atoms with Crippen molar-refractivity contribution in [2.75, 3.05) is 13.7 Å². The lowest BCUT2D eigenvalue weighted by Gasteiger charge is -2.27. The van der Waals surface area contributed by atoms with Crippen molar-refractivity contribution in [3.63, 3.8) is 0 Å². The van der Waals surface area contributed by atoms with Gasteiger partial charge in [0.2, 0.25) is 5.91 Å². The van der Waals surface area contributed by atoms with E-state index in [1.54, 1.807) is 11.8 Å². The Morgan fingerprint density at radius 3 is 2.15 bits per heavy atom. The van der Waals surface area contributed by atoms with E-state index in [2.05, 4.69) is 0 Å². The number of ether oxygens (including phenoxy) is 1. The normalized spacial score (nSPS) is 12.9. The van der Waals surface area contributed by atoms with Gasteiger partial charge in [-0.2, -0.15) is 0 Å². The molecule has 5 heteroatoms. The topological polar surface area (TPSA) is 46.6 Å². The Morgan fingerprint density at radius 1 is 1.00 bits per heavy atom. The van der Waals surface area contributed by atoms with Gasteiger partial charge in [0.15, 0.2) is 0 Å². The molecule has 0 N–H and O–H groups in total. The highest BCUT2D eigenvalue weighted by molar-refractivity contribution is 8.00. The quantitative estimate of drug-likeness (QED) is 0.520. The van der Waals surface area contributed by atoms with Crippen molar-refractivity contribution in [1.29, 1.82) is 0 Å². The highest BCUT2D eigenvalue weighted by atomic mass is 32.2. The van der Waals surface area contributed by atoms with E-state index < -0.39 is 0 Å². The third-order valence-electron chi connectivity index (χ3n) is 4.03. The zero-order chi connectivity index (χ0) is 18.9. The maximum atomic E-state index is 13.1. The zero-order valence-electron chi connectivity index (χ0n) is 15.4. The van der Waals surface area contributed by atoms with Crippen LogP contribution in [0.4, 0.5) is 0 Å². The van der Waals surface area contributed by atoms with Crippen LogP contribution < -0.4 is 0 Å². The first-order valence-corrected chi connectivity index (χ1v) is 9.51. The molecule has 2 atom stereocenters. The number of nitrogens with zero attached hydrogens (tertiary/aromatic N) is 1. The fraction of sp³-hybridized carbons (Fsp3) is 0.333. The Kier molecular flexibility index (Phi) is 7.73. The van der Waals surface area contributed by atoms with Crippen LogP contribution in [0.5, 0.6) is 0 Å². The second kappa shape index (κ2) is 10.0. The molecule has 0 aliphatic rings. The van der Waals surface area contributed by atoms with Gasteiger partial charge in [0.1, 0.15) is 0 Å². The third-order valence-corrected chi connectivity index (χ3v) is 5.13. The number of rotatable bonds is 8. The molecule has 2 rings (SSSR count). The van der Waals surface area contributed by atoms with E-state index >= 15 is 0 Å². The van der Waals surface area contributed by atoms with Gasteiger partial charge in [0, 0.05) is 18.0 Å². The van der Waals surface area contributed by atoms with Crippen LogP contribution >= 0.6 is 11.8 Å². The number of hydrogen-bond acceptors (Lipinski definition) is 4. The summed E-state index contributed by atoms with van der Waals surface area (Å²) in [6, 6.07) is 19.7. The third kappa shape index (κ3) is 5.92. The van der Waals surface area contributed by atoms with Gasteiger partial charge in [0.25, 0.3) is 0 Å². The van der Waals surface area contributed by atoms with Crippen LogP contribution in [0.3, 0.4) is 0 Å². The van der Waals surface area contributed by atoms with Gasteiger partial charge in [-0.25, -0.2) is 0 Å². The SMILES string of the molecule is COC(=O)C(C)CN(Cc1ccccc1)C(=O)C(C)Sc1ccccc1. The van der Waals surface area contributed by atoms with Crippen LogP contribution in [0.25, 0.3) is 0 Å². The lowest BCUT2D eigenvalue weighted by atomic mass is 10.1. The van der Waals surface area contributed by atoms with Crippen LogP contribution in [-0.4, -0.2) is 35.7 Å². The van der Waals surface area contributed by atoms with Gasteiger partial charge < -0.3 is 9.64 Å². The Morgan fingerprint density at radius 2 is 1.58 bits per heavy atom. The molecule has 2 aromatic carbocycles. The molecule has 26 heavy (non-hydrogen) atoms. The van der Waals surface area contributed by atoms with Crippen molar-refractivity contribution >= 4 is 23.6 Å². The Balaban J connectivity index is 2.12. The molecule has 1 amide bonds. The molecule has 0 radical (unpaired) electrons. The second-order valence-corrected chi connectivity index (χ2v) is 7.62. The van der Waals surface area contributed by atoms with Crippen LogP contribution in [0, 0.1) is 5.92 Å². The Bertz CT molecular complexity index is 706. The average molecular weight is 372 g/mol. The molecular weight excluding hydrogens is 346 g/mol.